The summed E-state index contributed by atoms with van der Waals surface area (Å²) in [5, 5.41) is 4.85. The maximum absolute atomic E-state index is 6.26. The van der Waals surface area contributed by atoms with E-state index < -0.39 is 0 Å². The van der Waals surface area contributed by atoms with E-state index in [2.05, 4.69) is 10.00 Å². The topological polar surface area (TPSA) is 48.8 Å². The number of benzene rings is 1. The van der Waals surface area contributed by atoms with E-state index in [1.165, 1.54) is 0 Å². The lowest BCUT2D eigenvalue weighted by atomic mass is 10.1. The number of ether oxygens (including phenoxy) is 3. The summed E-state index contributed by atoms with van der Waals surface area (Å²) in [6, 6.07) is 5.88. The second-order valence-electron chi connectivity index (χ2n) is 5.77. The highest BCUT2D eigenvalue weighted by atomic mass is 35.5. The molecule has 122 valence electrons. The van der Waals surface area contributed by atoms with E-state index in [0.29, 0.717) is 10.8 Å². The van der Waals surface area contributed by atoms with Crippen LogP contribution < -0.4 is 9.47 Å². The number of halogens is 1. The van der Waals surface area contributed by atoms with Crippen molar-refractivity contribution in [1.82, 2.24) is 14.7 Å². The van der Waals surface area contributed by atoms with E-state index >= 15 is 0 Å². The molecule has 0 unspecified atom stereocenters. The Bertz CT molecular complexity index is 677. The van der Waals surface area contributed by atoms with Gasteiger partial charge < -0.3 is 14.2 Å². The van der Waals surface area contributed by atoms with Crippen molar-refractivity contribution >= 4 is 11.6 Å². The second kappa shape index (κ2) is 6.39. The number of hydrogen-bond donors (Lipinski definition) is 0. The summed E-state index contributed by atoms with van der Waals surface area (Å²) in [7, 11) is 0. The molecule has 1 aromatic carbocycles. The Morgan fingerprint density at radius 3 is 3.13 bits per heavy atom. The molecule has 0 N–H and O–H groups in total. The Hall–Kier alpha value is -1.76. The smallest absolute Gasteiger partial charge is 0.231 e. The minimum Gasteiger partial charge on any atom is -0.454 e. The van der Waals surface area contributed by atoms with Crippen LogP contribution in [0.1, 0.15) is 5.56 Å². The maximum atomic E-state index is 6.26. The largest absolute Gasteiger partial charge is 0.454 e. The van der Waals surface area contributed by atoms with E-state index in [0.717, 1.165) is 44.1 Å². The van der Waals surface area contributed by atoms with Gasteiger partial charge in [0.25, 0.3) is 0 Å². The van der Waals surface area contributed by atoms with Crippen molar-refractivity contribution in [2.75, 3.05) is 26.5 Å². The summed E-state index contributed by atoms with van der Waals surface area (Å²) in [4.78, 5) is 2.37. The molecule has 7 heteroatoms. The van der Waals surface area contributed by atoms with Gasteiger partial charge in [0, 0.05) is 32.0 Å². The lowest BCUT2D eigenvalue weighted by Crippen LogP contribution is -2.43. The number of nitrogens with zero attached hydrogens (tertiary/aromatic N) is 3. The van der Waals surface area contributed by atoms with Crippen molar-refractivity contribution in [3.8, 4) is 11.5 Å². The summed E-state index contributed by atoms with van der Waals surface area (Å²) < 4.78 is 18.5. The van der Waals surface area contributed by atoms with Gasteiger partial charge in [0.05, 0.1) is 24.3 Å². The first kappa shape index (κ1) is 14.8. The molecule has 2 aromatic rings. The number of rotatable bonds is 4. The van der Waals surface area contributed by atoms with Gasteiger partial charge in [-0.3, -0.25) is 9.58 Å². The van der Waals surface area contributed by atoms with Gasteiger partial charge >= 0.3 is 0 Å². The first-order valence-electron chi connectivity index (χ1n) is 7.67. The van der Waals surface area contributed by atoms with Crippen LogP contribution in [0.25, 0.3) is 0 Å². The van der Waals surface area contributed by atoms with Crippen LogP contribution >= 0.6 is 11.6 Å². The summed E-state index contributed by atoms with van der Waals surface area (Å²) in [6.45, 7) is 4.32. The highest BCUT2D eigenvalue weighted by molar-refractivity contribution is 6.32. The minimum atomic E-state index is 0.146. The van der Waals surface area contributed by atoms with Crippen LogP contribution in [0.3, 0.4) is 0 Å². The number of morpholine rings is 1. The lowest BCUT2D eigenvalue weighted by molar-refractivity contribution is -0.0402. The van der Waals surface area contributed by atoms with E-state index in [9.17, 15) is 0 Å². The molecular weight excluding hydrogens is 318 g/mol. The Kier molecular flexibility index (Phi) is 4.11. The fraction of sp³-hybridized carbons (Fsp3) is 0.438. The SMILES string of the molecule is Clc1cc(CN2CCO[C@@H](Cn3cccn3)C2)cc2c1OCO2. The molecule has 1 atom stereocenters. The van der Waals surface area contributed by atoms with Crippen molar-refractivity contribution < 1.29 is 14.2 Å². The average Bonchev–Trinajstić information content (AvgIpc) is 3.19. The Morgan fingerprint density at radius 1 is 1.30 bits per heavy atom. The third-order valence-corrected chi connectivity index (χ3v) is 4.35. The summed E-state index contributed by atoms with van der Waals surface area (Å²) in [5.74, 6) is 1.38. The Balaban J connectivity index is 1.41. The molecule has 1 aromatic heterocycles. The number of hydrogen-bond acceptors (Lipinski definition) is 5. The van der Waals surface area contributed by atoms with E-state index in [1.807, 2.05) is 29.1 Å². The zero-order chi connectivity index (χ0) is 15.6. The normalized spacial score (nSPS) is 20.8. The molecule has 0 bridgehead atoms. The van der Waals surface area contributed by atoms with E-state index in [4.69, 9.17) is 25.8 Å². The molecule has 2 aliphatic heterocycles. The van der Waals surface area contributed by atoms with Crippen LogP contribution in [-0.4, -0.2) is 47.3 Å². The molecular formula is C16H18ClN3O3. The highest BCUT2D eigenvalue weighted by Crippen LogP contribution is 2.40. The lowest BCUT2D eigenvalue weighted by Gasteiger charge is -2.33. The first-order chi connectivity index (χ1) is 11.3. The van der Waals surface area contributed by atoms with Gasteiger partial charge in [-0.25, -0.2) is 0 Å². The van der Waals surface area contributed by atoms with Crippen molar-refractivity contribution in [1.29, 1.82) is 0 Å². The average molecular weight is 336 g/mol. The van der Waals surface area contributed by atoms with Crippen molar-refractivity contribution in [3.63, 3.8) is 0 Å². The van der Waals surface area contributed by atoms with Crippen LogP contribution in [0.2, 0.25) is 5.02 Å². The Labute approximate surface area is 139 Å². The molecule has 1 saturated heterocycles. The predicted octanol–water partition coefficient (Wildman–Crippen LogP) is 2.17. The second-order valence-corrected chi connectivity index (χ2v) is 6.17. The van der Waals surface area contributed by atoms with E-state index in [1.54, 1.807) is 6.20 Å². The number of aromatic nitrogens is 2. The molecule has 2 aliphatic rings. The predicted molar refractivity (Wildman–Crippen MR) is 84.8 cm³/mol. The Morgan fingerprint density at radius 2 is 2.26 bits per heavy atom. The van der Waals surface area contributed by atoms with Crippen LogP contribution in [0.4, 0.5) is 0 Å². The molecule has 0 amide bonds. The first-order valence-corrected chi connectivity index (χ1v) is 8.05. The molecule has 0 spiro atoms. The quantitative estimate of drug-likeness (QED) is 0.857. The fourth-order valence-corrected chi connectivity index (χ4v) is 3.31. The highest BCUT2D eigenvalue weighted by Gasteiger charge is 2.23. The van der Waals surface area contributed by atoms with Crippen molar-refractivity contribution in [3.05, 3.63) is 41.2 Å². The molecule has 0 aliphatic carbocycles. The van der Waals surface area contributed by atoms with Crippen LogP contribution in [0, 0.1) is 0 Å². The monoisotopic (exact) mass is 335 g/mol. The molecule has 23 heavy (non-hydrogen) atoms. The summed E-state index contributed by atoms with van der Waals surface area (Å²) >= 11 is 6.26. The molecule has 6 nitrogen and oxygen atoms in total. The van der Waals surface area contributed by atoms with Gasteiger partial charge in [-0.2, -0.15) is 5.10 Å². The third-order valence-electron chi connectivity index (χ3n) is 4.07. The zero-order valence-electron chi connectivity index (χ0n) is 12.7. The van der Waals surface area contributed by atoms with Crippen LogP contribution in [0.5, 0.6) is 11.5 Å². The molecule has 1 fully saturated rings. The standard InChI is InChI=1S/C16H18ClN3O3/c17-14-6-12(7-15-16(14)23-11-22-15)8-19-4-5-21-13(9-19)10-20-3-1-2-18-20/h1-3,6-7,13H,4-5,8-11H2/t13-/m1/s1. The summed E-state index contributed by atoms with van der Waals surface area (Å²) in [5.41, 5.74) is 1.12. The van der Waals surface area contributed by atoms with Gasteiger partial charge in [0.15, 0.2) is 11.5 Å². The summed E-state index contributed by atoms with van der Waals surface area (Å²) in [6.07, 6.45) is 3.89. The molecule has 3 heterocycles. The van der Waals surface area contributed by atoms with E-state index in [-0.39, 0.29) is 12.9 Å². The van der Waals surface area contributed by atoms with Crippen LogP contribution in [0.15, 0.2) is 30.6 Å². The van der Waals surface area contributed by atoms with Gasteiger partial charge in [0.1, 0.15) is 0 Å². The van der Waals surface area contributed by atoms with Crippen LogP contribution in [-0.2, 0) is 17.8 Å². The van der Waals surface area contributed by atoms with Gasteiger partial charge in [0.2, 0.25) is 6.79 Å². The third kappa shape index (κ3) is 3.29. The van der Waals surface area contributed by atoms with Gasteiger partial charge in [-0.05, 0) is 23.8 Å². The number of fused-ring (bicyclic) bond motifs is 1. The molecule has 0 radical (unpaired) electrons. The molecule has 0 saturated carbocycles. The zero-order valence-corrected chi connectivity index (χ0v) is 13.4. The maximum Gasteiger partial charge on any atom is 0.231 e. The fourth-order valence-electron chi connectivity index (χ4n) is 3.02. The van der Waals surface area contributed by atoms with Gasteiger partial charge in [-0.1, -0.05) is 11.6 Å². The van der Waals surface area contributed by atoms with Crippen molar-refractivity contribution in [2.24, 2.45) is 0 Å². The van der Waals surface area contributed by atoms with Crippen molar-refractivity contribution in [2.45, 2.75) is 19.2 Å². The molecule has 4 rings (SSSR count). The van der Waals surface area contributed by atoms with Gasteiger partial charge in [-0.15, -0.1) is 0 Å². The minimum absolute atomic E-state index is 0.146.